The zero-order valence-corrected chi connectivity index (χ0v) is 14.8. The van der Waals surface area contributed by atoms with E-state index in [4.69, 9.17) is 0 Å². The van der Waals surface area contributed by atoms with Gasteiger partial charge in [0.05, 0.1) is 0 Å². The van der Waals surface area contributed by atoms with Crippen LogP contribution in [0.15, 0.2) is 58.1 Å². The van der Waals surface area contributed by atoms with Crippen molar-refractivity contribution in [1.82, 2.24) is 5.43 Å². The van der Waals surface area contributed by atoms with Gasteiger partial charge in [0.25, 0.3) is 0 Å². The molecule has 2 aromatic rings. The molecule has 0 atom stereocenters. The molecule has 2 amide bonds. The third-order valence-electron chi connectivity index (χ3n) is 3.31. The number of aryl methyl sites for hydroxylation is 2. The van der Waals surface area contributed by atoms with E-state index in [9.17, 15) is 9.59 Å². The summed E-state index contributed by atoms with van der Waals surface area (Å²) in [6.45, 7) is 1.85. The van der Waals surface area contributed by atoms with Crippen molar-refractivity contribution in [3.8, 4) is 0 Å². The van der Waals surface area contributed by atoms with Crippen molar-refractivity contribution in [1.29, 1.82) is 0 Å². The van der Waals surface area contributed by atoms with Gasteiger partial charge in [-0.25, -0.2) is 5.43 Å². The molecule has 0 bridgehead atoms. The molecule has 0 aliphatic rings. The predicted molar refractivity (Wildman–Crippen MR) is 98.9 cm³/mol. The smallest absolute Gasteiger partial charge is 0.317 e. The van der Waals surface area contributed by atoms with Gasteiger partial charge in [-0.05, 0) is 49.1 Å². The summed E-state index contributed by atoms with van der Waals surface area (Å²) in [6.07, 6.45) is 3.09. The molecule has 0 heterocycles. The van der Waals surface area contributed by atoms with Crippen molar-refractivity contribution in [3.63, 3.8) is 0 Å². The number of hydrogen-bond donors (Lipinski definition) is 2. The second kappa shape index (κ2) is 8.98. The monoisotopic (exact) mass is 387 g/mol. The number of nitrogens with one attached hydrogen (secondary N) is 2. The number of amides is 2. The van der Waals surface area contributed by atoms with Crippen LogP contribution in [-0.4, -0.2) is 18.0 Å². The van der Waals surface area contributed by atoms with Crippen molar-refractivity contribution in [3.05, 3.63) is 64.1 Å². The molecule has 0 unspecified atom stereocenters. The van der Waals surface area contributed by atoms with E-state index >= 15 is 0 Å². The quantitative estimate of drug-likeness (QED) is 0.468. The van der Waals surface area contributed by atoms with Crippen LogP contribution in [0, 0.1) is 6.92 Å². The average molecular weight is 388 g/mol. The standard InChI is InChI=1S/C18H18BrN3O2/c1-13-12-15(19)9-10-16(13)21-17(23)18(24)22-20-11-5-8-14-6-3-2-4-7-14/h2-4,6-7,9-12H,5,8H2,1H3,(H,21,23)(H,22,24)/b20-11+. The van der Waals surface area contributed by atoms with Gasteiger partial charge in [-0.2, -0.15) is 5.10 Å². The number of hydrogen-bond acceptors (Lipinski definition) is 3. The van der Waals surface area contributed by atoms with E-state index in [0.717, 1.165) is 16.5 Å². The van der Waals surface area contributed by atoms with Crippen LogP contribution < -0.4 is 10.7 Å². The molecule has 0 saturated carbocycles. The molecule has 0 aliphatic heterocycles. The Morgan fingerprint density at radius 1 is 1.12 bits per heavy atom. The van der Waals surface area contributed by atoms with E-state index in [2.05, 4.69) is 31.8 Å². The zero-order valence-electron chi connectivity index (χ0n) is 13.3. The molecule has 0 saturated heterocycles. The van der Waals surface area contributed by atoms with Crippen LogP contribution in [0.2, 0.25) is 0 Å². The largest absolute Gasteiger partial charge is 0.329 e. The highest BCUT2D eigenvalue weighted by Crippen LogP contribution is 2.19. The fraction of sp³-hybridized carbons (Fsp3) is 0.167. The van der Waals surface area contributed by atoms with Crippen LogP contribution in [0.4, 0.5) is 5.69 Å². The molecule has 0 aliphatic carbocycles. The number of benzene rings is 2. The van der Waals surface area contributed by atoms with Gasteiger partial charge >= 0.3 is 11.8 Å². The first kappa shape index (κ1) is 17.9. The summed E-state index contributed by atoms with van der Waals surface area (Å²) >= 11 is 3.35. The van der Waals surface area contributed by atoms with E-state index in [1.807, 2.05) is 43.3 Å². The molecule has 2 N–H and O–H groups in total. The van der Waals surface area contributed by atoms with Crippen molar-refractivity contribution in [2.75, 3.05) is 5.32 Å². The third kappa shape index (κ3) is 5.62. The molecule has 124 valence electrons. The van der Waals surface area contributed by atoms with E-state index in [-0.39, 0.29) is 0 Å². The van der Waals surface area contributed by atoms with Crippen LogP contribution in [0.5, 0.6) is 0 Å². The number of nitrogens with zero attached hydrogens (tertiary/aromatic N) is 1. The van der Waals surface area contributed by atoms with E-state index in [1.165, 1.54) is 5.56 Å². The van der Waals surface area contributed by atoms with Crippen LogP contribution in [-0.2, 0) is 16.0 Å². The SMILES string of the molecule is Cc1cc(Br)ccc1NC(=O)C(=O)N/N=C/CCc1ccccc1. The lowest BCUT2D eigenvalue weighted by Gasteiger charge is -2.07. The van der Waals surface area contributed by atoms with E-state index in [1.54, 1.807) is 18.3 Å². The lowest BCUT2D eigenvalue weighted by Crippen LogP contribution is -2.32. The van der Waals surface area contributed by atoms with Gasteiger partial charge in [-0.15, -0.1) is 0 Å². The molecule has 5 nitrogen and oxygen atoms in total. The highest BCUT2D eigenvalue weighted by atomic mass is 79.9. The van der Waals surface area contributed by atoms with Crippen molar-refractivity contribution in [2.24, 2.45) is 5.10 Å². The highest BCUT2D eigenvalue weighted by molar-refractivity contribution is 9.10. The van der Waals surface area contributed by atoms with Crippen LogP contribution in [0.1, 0.15) is 17.5 Å². The molecule has 0 aromatic heterocycles. The predicted octanol–water partition coefficient (Wildman–Crippen LogP) is 3.43. The molecule has 0 spiro atoms. The van der Waals surface area contributed by atoms with Gasteiger partial charge in [0, 0.05) is 16.4 Å². The fourth-order valence-corrected chi connectivity index (χ4v) is 2.52. The van der Waals surface area contributed by atoms with Crippen LogP contribution in [0.25, 0.3) is 0 Å². The number of rotatable bonds is 5. The van der Waals surface area contributed by atoms with Gasteiger partial charge < -0.3 is 5.32 Å². The molecular weight excluding hydrogens is 370 g/mol. The van der Waals surface area contributed by atoms with E-state index in [0.29, 0.717) is 12.1 Å². The Balaban J connectivity index is 1.77. The Bertz CT molecular complexity index is 745. The Labute approximate surface area is 149 Å². The maximum atomic E-state index is 11.8. The minimum absolute atomic E-state index is 0.589. The second-order valence-corrected chi connectivity index (χ2v) is 6.11. The number of carbonyl (C=O) groups excluding carboxylic acids is 2. The van der Waals surface area contributed by atoms with Gasteiger partial charge in [-0.3, -0.25) is 9.59 Å². The van der Waals surface area contributed by atoms with Crippen LogP contribution in [0.3, 0.4) is 0 Å². The summed E-state index contributed by atoms with van der Waals surface area (Å²) in [6, 6.07) is 15.3. The third-order valence-corrected chi connectivity index (χ3v) is 3.80. The maximum Gasteiger partial charge on any atom is 0.329 e. The fourth-order valence-electron chi connectivity index (χ4n) is 2.04. The van der Waals surface area contributed by atoms with Gasteiger partial charge in [-0.1, -0.05) is 46.3 Å². The van der Waals surface area contributed by atoms with E-state index < -0.39 is 11.8 Å². The van der Waals surface area contributed by atoms with Crippen LogP contribution >= 0.6 is 15.9 Å². The van der Waals surface area contributed by atoms with Crippen molar-refractivity contribution >= 4 is 39.6 Å². The average Bonchev–Trinajstić information content (AvgIpc) is 2.57. The summed E-state index contributed by atoms with van der Waals surface area (Å²) in [4.78, 5) is 23.5. The highest BCUT2D eigenvalue weighted by Gasteiger charge is 2.13. The first-order chi connectivity index (χ1) is 11.6. The Hall–Kier alpha value is -2.47. The molecule has 2 rings (SSSR count). The summed E-state index contributed by atoms with van der Waals surface area (Å²) < 4.78 is 0.908. The maximum absolute atomic E-state index is 11.8. The first-order valence-electron chi connectivity index (χ1n) is 7.49. The Morgan fingerprint density at radius 3 is 2.58 bits per heavy atom. The second-order valence-electron chi connectivity index (χ2n) is 5.19. The summed E-state index contributed by atoms with van der Waals surface area (Å²) in [7, 11) is 0. The van der Waals surface area contributed by atoms with Gasteiger partial charge in [0.15, 0.2) is 0 Å². The minimum Gasteiger partial charge on any atom is -0.317 e. The van der Waals surface area contributed by atoms with Crippen molar-refractivity contribution in [2.45, 2.75) is 19.8 Å². The zero-order chi connectivity index (χ0) is 17.4. The summed E-state index contributed by atoms with van der Waals surface area (Å²) in [5.74, 6) is -1.55. The normalized spacial score (nSPS) is 10.6. The van der Waals surface area contributed by atoms with Gasteiger partial charge in [0.1, 0.15) is 0 Å². The Morgan fingerprint density at radius 2 is 1.88 bits per heavy atom. The van der Waals surface area contributed by atoms with Gasteiger partial charge in [0.2, 0.25) is 0 Å². The number of halogens is 1. The van der Waals surface area contributed by atoms with Crippen molar-refractivity contribution < 1.29 is 9.59 Å². The molecule has 2 aromatic carbocycles. The number of hydrazone groups is 1. The summed E-state index contributed by atoms with van der Waals surface area (Å²) in [5.41, 5.74) is 4.87. The molecule has 6 heteroatoms. The lowest BCUT2D eigenvalue weighted by molar-refractivity contribution is -0.136. The molecule has 0 radical (unpaired) electrons. The molecule has 0 fully saturated rings. The number of anilines is 1. The minimum atomic E-state index is -0.798. The summed E-state index contributed by atoms with van der Waals surface area (Å²) in [5, 5.41) is 6.35. The first-order valence-corrected chi connectivity index (χ1v) is 8.28. The Kier molecular flexibility index (Phi) is 6.69. The lowest BCUT2D eigenvalue weighted by atomic mass is 10.1. The topological polar surface area (TPSA) is 70.6 Å². The molecule has 24 heavy (non-hydrogen) atoms. The molecular formula is C18H18BrN3O2. The number of carbonyl (C=O) groups is 2.